The van der Waals surface area contributed by atoms with Crippen LogP contribution in [0, 0.1) is 11.8 Å². The summed E-state index contributed by atoms with van der Waals surface area (Å²) in [6, 6.07) is 42.8. The van der Waals surface area contributed by atoms with E-state index in [1.54, 1.807) is 0 Å². The second kappa shape index (κ2) is 7.73. The molecule has 0 radical (unpaired) electrons. The molecule has 0 atom stereocenters. The first-order valence-electron chi connectivity index (χ1n) is 10.9. The van der Waals surface area contributed by atoms with Crippen LogP contribution in [0.15, 0.2) is 121 Å². The van der Waals surface area contributed by atoms with E-state index in [0.717, 1.165) is 11.1 Å². The van der Waals surface area contributed by atoms with Crippen molar-refractivity contribution in [2.75, 3.05) is 0 Å². The second-order valence-electron chi connectivity index (χ2n) is 8.05. The van der Waals surface area contributed by atoms with E-state index in [4.69, 9.17) is 0 Å². The minimum absolute atomic E-state index is 1.03. The van der Waals surface area contributed by atoms with E-state index in [2.05, 4.69) is 133 Å². The number of hydrogen-bond donors (Lipinski definition) is 0. The molecule has 6 rings (SSSR count). The van der Waals surface area contributed by atoms with E-state index in [0.29, 0.717) is 0 Å². The highest BCUT2D eigenvalue weighted by molar-refractivity contribution is 6.07. The Morgan fingerprint density at radius 2 is 1.03 bits per heavy atom. The lowest BCUT2D eigenvalue weighted by Crippen LogP contribution is -1.89. The Morgan fingerprint density at radius 3 is 1.88 bits per heavy atom. The molecule has 0 nitrogen and oxygen atoms in total. The van der Waals surface area contributed by atoms with Crippen molar-refractivity contribution in [3.63, 3.8) is 0 Å². The van der Waals surface area contributed by atoms with Gasteiger partial charge < -0.3 is 0 Å². The van der Waals surface area contributed by atoms with E-state index in [1.165, 1.54) is 43.4 Å². The van der Waals surface area contributed by atoms with Gasteiger partial charge >= 0.3 is 0 Å². The Hall–Kier alpha value is -4.34. The normalized spacial score (nSPS) is 10.9. The highest BCUT2D eigenvalue weighted by Gasteiger charge is 2.11. The monoisotopic (exact) mass is 404 g/mol. The van der Waals surface area contributed by atoms with Crippen LogP contribution in [-0.2, 0) is 0 Å². The molecule has 0 aliphatic rings. The highest BCUT2D eigenvalue weighted by Crippen LogP contribution is 2.36. The predicted octanol–water partition coefficient (Wildman–Crippen LogP) is 8.21. The maximum absolute atomic E-state index is 3.50. The lowest BCUT2D eigenvalue weighted by molar-refractivity contribution is 1.64. The van der Waals surface area contributed by atoms with E-state index in [-0.39, 0.29) is 0 Å². The second-order valence-corrected chi connectivity index (χ2v) is 8.05. The van der Waals surface area contributed by atoms with Crippen LogP contribution in [0.4, 0.5) is 0 Å². The topological polar surface area (TPSA) is 0 Å². The van der Waals surface area contributed by atoms with Gasteiger partial charge in [-0.3, -0.25) is 0 Å². The quantitative estimate of drug-likeness (QED) is 0.242. The zero-order valence-electron chi connectivity index (χ0n) is 17.5. The molecular formula is C32H20. The molecule has 0 bridgehead atoms. The van der Waals surface area contributed by atoms with Gasteiger partial charge in [-0.2, -0.15) is 0 Å². The molecule has 0 unspecified atom stereocenters. The molecule has 0 spiro atoms. The van der Waals surface area contributed by atoms with Crippen LogP contribution >= 0.6 is 0 Å². The third-order valence-electron chi connectivity index (χ3n) is 6.08. The summed E-state index contributed by atoms with van der Waals surface area (Å²) in [5.41, 5.74) is 4.50. The first-order chi connectivity index (χ1) is 15.9. The molecule has 0 saturated carbocycles. The van der Waals surface area contributed by atoms with Gasteiger partial charge in [0.25, 0.3) is 0 Å². The third kappa shape index (κ3) is 3.22. The summed E-state index contributed by atoms with van der Waals surface area (Å²) in [7, 11) is 0. The standard InChI is InChI=1S/C32H20/c1-2-11-28-22-23(16-18-24(28)8-1)17-19-27-21-20-26-10-4-6-14-30(26)32(27)31-15-7-12-25-9-3-5-13-29(25)31/h1-16,18,20-22H. The fourth-order valence-corrected chi connectivity index (χ4v) is 4.52. The molecule has 0 aliphatic heterocycles. The Labute approximate surface area is 187 Å². The summed E-state index contributed by atoms with van der Waals surface area (Å²) in [6.45, 7) is 0. The Kier molecular flexibility index (Phi) is 4.45. The smallest absolute Gasteiger partial charge is 0.0334 e. The van der Waals surface area contributed by atoms with Crippen LogP contribution in [0.5, 0.6) is 0 Å². The molecule has 0 saturated heterocycles. The Morgan fingerprint density at radius 1 is 0.406 bits per heavy atom. The number of fused-ring (bicyclic) bond motifs is 3. The largest absolute Gasteiger partial charge is 0.0616 e. The van der Waals surface area contributed by atoms with Crippen molar-refractivity contribution < 1.29 is 0 Å². The van der Waals surface area contributed by atoms with Gasteiger partial charge in [0.15, 0.2) is 0 Å². The van der Waals surface area contributed by atoms with Crippen molar-refractivity contribution in [1.29, 1.82) is 0 Å². The molecule has 6 aromatic rings. The maximum atomic E-state index is 3.50. The molecule has 0 aliphatic carbocycles. The minimum Gasteiger partial charge on any atom is -0.0616 e. The first kappa shape index (κ1) is 18.4. The van der Waals surface area contributed by atoms with E-state index >= 15 is 0 Å². The van der Waals surface area contributed by atoms with Gasteiger partial charge in [-0.25, -0.2) is 0 Å². The zero-order chi connectivity index (χ0) is 21.3. The van der Waals surface area contributed by atoms with Gasteiger partial charge in [0, 0.05) is 16.7 Å². The van der Waals surface area contributed by atoms with Crippen LogP contribution in [0.2, 0.25) is 0 Å². The highest BCUT2D eigenvalue weighted by atomic mass is 14.1. The lowest BCUT2D eigenvalue weighted by atomic mass is 9.90. The minimum atomic E-state index is 1.03. The molecule has 32 heavy (non-hydrogen) atoms. The molecule has 0 heteroatoms. The SMILES string of the molecule is C(#Cc1ccc2ccccc2c1-c1cccc2ccccc12)c1ccc2ccccc2c1. The first-order valence-corrected chi connectivity index (χ1v) is 10.9. The molecule has 0 fully saturated rings. The van der Waals surface area contributed by atoms with Crippen molar-refractivity contribution in [3.05, 3.63) is 132 Å². The predicted molar refractivity (Wildman–Crippen MR) is 137 cm³/mol. The molecule has 0 aromatic heterocycles. The van der Waals surface area contributed by atoms with E-state index in [1.807, 2.05) is 0 Å². The van der Waals surface area contributed by atoms with Gasteiger partial charge in [0.05, 0.1) is 0 Å². The molecule has 6 aromatic carbocycles. The Bertz CT molecular complexity index is 1670. The van der Waals surface area contributed by atoms with Gasteiger partial charge in [-0.1, -0.05) is 115 Å². The summed E-state index contributed by atoms with van der Waals surface area (Å²) < 4.78 is 0. The van der Waals surface area contributed by atoms with Gasteiger partial charge in [0.2, 0.25) is 0 Å². The molecule has 0 N–H and O–H groups in total. The van der Waals surface area contributed by atoms with Gasteiger partial charge in [-0.15, -0.1) is 0 Å². The fraction of sp³-hybridized carbons (Fsp3) is 0. The molecular weight excluding hydrogens is 384 g/mol. The molecule has 148 valence electrons. The van der Waals surface area contributed by atoms with E-state index < -0.39 is 0 Å². The number of hydrogen-bond acceptors (Lipinski definition) is 0. The molecule has 0 heterocycles. The summed E-state index contributed by atoms with van der Waals surface area (Å²) in [5, 5.41) is 7.40. The van der Waals surface area contributed by atoms with Crippen molar-refractivity contribution in [1.82, 2.24) is 0 Å². The van der Waals surface area contributed by atoms with Crippen LogP contribution in [0.25, 0.3) is 43.4 Å². The van der Waals surface area contributed by atoms with Gasteiger partial charge in [-0.05, 0) is 56.1 Å². The fourth-order valence-electron chi connectivity index (χ4n) is 4.52. The summed E-state index contributed by atoms with van der Waals surface area (Å²) >= 11 is 0. The molecule has 0 amide bonds. The van der Waals surface area contributed by atoms with Crippen molar-refractivity contribution in [2.24, 2.45) is 0 Å². The van der Waals surface area contributed by atoms with Gasteiger partial charge in [0.1, 0.15) is 0 Å². The average Bonchev–Trinajstić information content (AvgIpc) is 2.86. The van der Waals surface area contributed by atoms with Crippen molar-refractivity contribution >= 4 is 32.3 Å². The van der Waals surface area contributed by atoms with Crippen LogP contribution < -0.4 is 0 Å². The van der Waals surface area contributed by atoms with Crippen LogP contribution in [-0.4, -0.2) is 0 Å². The summed E-state index contributed by atoms with van der Waals surface area (Å²) in [4.78, 5) is 0. The van der Waals surface area contributed by atoms with Crippen molar-refractivity contribution in [2.45, 2.75) is 0 Å². The number of benzene rings is 6. The van der Waals surface area contributed by atoms with Crippen LogP contribution in [0.1, 0.15) is 11.1 Å². The average molecular weight is 405 g/mol. The summed E-state index contributed by atoms with van der Waals surface area (Å²) in [5.74, 6) is 6.93. The number of rotatable bonds is 1. The maximum Gasteiger partial charge on any atom is 0.0334 e. The Balaban J connectivity index is 1.59. The zero-order valence-corrected chi connectivity index (χ0v) is 17.5. The third-order valence-corrected chi connectivity index (χ3v) is 6.08. The van der Waals surface area contributed by atoms with Crippen molar-refractivity contribution in [3.8, 4) is 23.0 Å². The lowest BCUT2D eigenvalue weighted by Gasteiger charge is -2.13. The van der Waals surface area contributed by atoms with E-state index in [9.17, 15) is 0 Å². The van der Waals surface area contributed by atoms with Crippen LogP contribution in [0.3, 0.4) is 0 Å². The summed E-state index contributed by atoms with van der Waals surface area (Å²) in [6.07, 6.45) is 0.